The molecule has 2 rings (SSSR count). The molecule has 1 aromatic carbocycles. The summed E-state index contributed by atoms with van der Waals surface area (Å²) in [6, 6.07) is 2.86. The molecule has 6 nitrogen and oxygen atoms in total. The summed E-state index contributed by atoms with van der Waals surface area (Å²) in [4.78, 5) is 0. The molecule has 0 fully saturated rings. The second kappa shape index (κ2) is 6.71. The van der Waals surface area contributed by atoms with E-state index in [0.717, 1.165) is 10.4 Å². The Hall–Kier alpha value is -1.87. The van der Waals surface area contributed by atoms with Crippen molar-refractivity contribution in [2.75, 3.05) is 19.8 Å². The average molecular weight is 344 g/mol. The molecule has 0 aliphatic carbocycles. The first-order valence-electron chi connectivity index (χ1n) is 6.96. The SMILES string of the molecule is C[C@@H](c1ccc(F)cc1F)n1cc(CCS(=O)(=O)N(C)C)nn1. The molecular formula is C14H18F2N4O2S. The minimum absolute atomic E-state index is 0.0853. The first-order valence-corrected chi connectivity index (χ1v) is 8.57. The summed E-state index contributed by atoms with van der Waals surface area (Å²) in [6.45, 7) is 1.70. The zero-order chi connectivity index (χ0) is 17.2. The lowest BCUT2D eigenvalue weighted by Crippen LogP contribution is -2.26. The third kappa shape index (κ3) is 4.11. The number of aryl methyl sites for hydroxylation is 1. The van der Waals surface area contributed by atoms with E-state index in [1.165, 1.54) is 30.9 Å². The number of nitrogens with zero attached hydrogens (tertiary/aromatic N) is 4. The van der Waals surface area contributed by atoms with Crippen LogP contribution in [0.15, 0.2) is 24.4 Å². The molecule has 0 spiro atoms. The summed E-state index contributed by atoms with van der Waals surface area (Å²) >= 11 is 0. The fourth-order valence-corrected chi connectivity index (χ4v) is 2.85. The highest BCUT2D eigenvalue weighted by molar-refractivity contribution is 7.89. The van der Waals surface area contributed by atoms with Crippen molar-refractivity contribution in [3.05, 3.63) is 47.3 Å². The van der Waals surface area contributed by atoms with Crippen molar-refractivity contribution in [1.29, 1.82) is 0 Å². The van der Waals surface area contributed by atoms with Gasteiger partial charge in [-0.25, -0.2) is 26.2 Å². The van der Waals surface area contributed by atoms with Gasteiger partial charge in [-0.05, 0) is 13.0 Å². The van der Waals surface area contributed by atoms with Gasteiger partial charge < -0.3 is 0 Å². The van der Waals surface area contributed by atoms with Crippen molar-refractivity contribution >= 4 is 10.0 Å². The summed E-state index contributed by atoms with van der Waals surface area (Å²) in [5, 5.41) is 7.81. The number of sulfonamides is 1. The Labute approximate surface area is 133 Å². The number of aromatic nitrogens is 3. The Morgan fingerprint density at radius 2 is 2.00 bits per heavy atom. The van der Waals surface area contributed by atoms with Crippen molar-refractivity contribution in [2.24, 2.45) is 0 Å². The molecule has 126 valence electrons. The van der Waals surface area contributed by atoms with Gasteiger partial charge in [0.15, 0.2) is 0 Å². The Kier molecular flexibility index (Phi) is 5.10. The van der Waals surface area contributed by atoms with Gasteiger partial charge in [-0.2, -0.15) is 0 Å². The van der Waals surface area contributed by atoms with Gasteiger partial charge in [0.05, 0.1) is 17.5 Å². The lowest BCUT2D eigenvalue weighted by atomic mass is 10.1. The van der Waals surface area contributed by atoms with Crippen molar-refractivity contribution in [3.63, 3.8) is 0 Å². The van der Waals surface area contributed by atoms with Gasteiger partial charge >= 0.3 is 0 Å². The minimum atomic E-state index is -3.32. The maximum Gasteiger partial charge on any atom is 0.213 e. The first kappa shape index (κ1) is 17.5. The van der Waals surface area contributed by atoms with Crippen molar-refractivity contribution in [3.8, 4) is 0 Å². The van der Waals surface area contributed by atoms with Gasteiger partial charge in [0, 0.05) is 38.3 Å². The monoisotopic (exact) mass is 344 g/mol. The molecule has 0 N–H and O–H groups in total. The number of hydrogen-bond donors (Lipinski definition) is 0. The average Bonchev–Trinajstić information content (AvgIpc) is 2.93. The third-order valence-corrected chi connectivity index (χ3v) is 5.37. The van der Waals surface area contributed by atoms with Crippen LogP contribution in [0.1, 0.15) is 24.2 Å². The number of benzene rings is 1. The molecule has 0 radical (unpaired) electrons. The molecule has 0 aliphatic rings. The highest BCUT2D eigenvalue weighted by Crippen LogP contribution is 2.21. The van der Waals surface area contributed by atoms with Gasteiger partial charge in [-0.1, -0.05) is 11.3 Å². The molecule has 0 bridgehead atoms. The van der Waals surface area contributed by atoms with E-state index in [4.69, 9.17) is 0 Å². The van der Waals surface area contributed by atoms with E-state index in [0.29, 0.717) is 5.69 Å². The maximum absolute atomic E-state index is 13.8. The lowest BCUT2D eigenvalue weighted by Gasteiger charge is -2.12. The van der Waals surface area contributed by atoms with Crippen LogP contribution in [-0.4, -0.2) is 47.6 Å². The number of rotatable bonds is 6. The van der Waals surface area contributed by atoms with Crippen LogP contribution in [0.25, 0.3) is 0 Å². The minimum Gasteiger partial charge on any atom is -0.245 e. The molecule has 23 heavy (non-hydrogen) atoms. The van der Waals surface area contributed by atoms with E-state index in [2.05, 4.69) is 10.3 Å². The van der Waals surface area contributed by atoms with E-state index >= 15 is 0 Å². The topological polar surface area (TPSA) is 68.1 Å². The Balaban J connectivity index is 2.12. The van der Waals surface area contributed by atoms with E-state index in [-0.39, 0.29) is 17.7 Å². The van der Waals surface area contributed by atoms with Crippen LogP contribution in [-0.2, 0) is 16.4 Å². The molecule has 1 atom stereocenters. The van der Waals surface area contributed by atoms with E-state index in [1.807, 2.05) is 0 Å². The molecular weight excluding hydrogens is 326 g/mol. The standard InChI is InChI=1S/C14H18F2N4O2S/c1-10(13-5-4-11(15)8-14(13)16)20-9-12(17-18-20)6-7-23(21,22)19(2)3/h4-5,8-10H,6-7H2,1-3H3/t10-/m0/s1. The van der Waals surface area contributed by atoms with Gasteiger partial charge in [-0.3, -0.25) is 0 Å². The Morgan fingerprint density at radius 1 is 1.30 bits per heavy atom. The van der Waals surface area contributed by atoms with E-state index < -0.39 is 27.7 Å². The molecule has 9 heteroatoms. The van der Waals surface area contributed by atoms with Crippen LogP contribution >= 0.6 is 0 Å². The third-order valence-electron chi connectivity index (χ3n) is 3.54. The smallest absolute Gasteiger partial charge is 0.213 e. The van der Waals surface area contributed by atoms with Gasteiger partial charge in [0.2, 0.25) is 10.0 Å². The van der Waals surface area contributed by atoms with Crippen LogP contribution in [0.5, 0.6) is 0 Å². The molecule has 1 heterocycles. The maximum atomic E-state index is 13.8. The highest BCUT2D eigenvalue weighted by atomic mass is 32.2. The summed E-state index contributed by atoms with van der Waals surface area (Å²) in [5.74, 6) is -1.39. The lowest BCUT2D eigenvalue weighted by molar-refractivity contribution is 0.501. The fraction of sp³-hybridized carbons (Fsp3) is 0.429. The van der Waals surface area contributed by atoms with Crippen LogP contribution < -0.4 is 0 Å². The summed E-state index contributed by atoms with van der Waals surface area (Å²) < 4.78 is 52.8. The Bertz CT molecular complexity index is 790. The summed E-state index contributed by atoms with van der Waals surface area (Å²) in [5.41, 5.74) is 0.772. The fourth-order valence-electron chi connectivity index (χ4n) is 2.02. The van der Waals surface area contributed by atoms with Gasteiger partial charge in [0.1, 0.15) is 11.6 Å². The predicted molar refractivity (Wildman–Crippen MR) is 81.4 cm³/mol. The normalized spacial score (nSPS) is 13.5. The van der Waals surface area contributed by atoms with Crippen LogP contribution in [0.2, 0.25) is 0 Å². The van der Waals surface area contributed by atoms with Crippen LogP contribution in [0, 0.1) is 11.6 Å². The quantitative estimate of drug-likeness (QED) is 0.798. The van der Waals surface area contributed by atoms with Gasteiger partial charge in [-0.15, -0.1) is 5.10 Å². The van der Waals surface area contributed by atoms with Crippen molar-refractivity contribution in [2.45, 2.75) is 19.4 Å². The van der Waals surface area contributed by atoms with Crippen molar-refractivity contribution < 1.29 is 17.2 Å². The van der Waals surface area contributed by atoms with Crippen LogP contribution in [0.4, 0.5) is 8.78 Å². The van der Waals surface area contributed by atoms with E-state index in [1.54, 1.807) is 13.1 Å². The first-order chi connectivity index (χ1) is 10.7. The van der Waals surface area contributed by atoms with Crippen LogP contribution in [0.3, 0.4) is 0 Å². The second-order valence-corrected chi connectivity index (χ2v) is 7.68. The highest BCUT2D eigenvalue weighted by Gasteiger charge is 2.17. The largest absolute Gasteiger partial charge is 0.245 e. The summed E-state index contributed by atoms with van der Waals surface area (Å²) in [6.07, 6.45) is 1.78. The molecule has 0 aliphatic heterocycles. The predicted octanol–water partition coefficient (Wildman–Crippen LogP) is 1.60. The second-order valence-electron chi connectivity index (χ2n) is 5.38. The number of hydrogen-bond acceptors (Lipinski definition) is 4. The molecule has 2 aromatic rings. The molecule has 0 unspecified atom stereocenters. The molecule has 0 saturated carbocycles. The number of halogens is 2. The zero-order valence-corrected chi connectivity index (χ0v) is 13.9. The van der Waals surface area contributed by atoms with E-state index in [9.17, 15) is 17.2 Å². The van der Waals surface area contributed by atoms with Gasteiger partial charge in [0.25, 0.3) is 0 Å². The molecule has 0 saturated heterocycles. The summed E-state index contributed by atoms with van der Waals surface area (Å²) in [7, 11) is -0.389. The molecule has 1 aromatic heterocycles. The Morgan fingerprint density at radius 3 is 2.61 bits per heavy atom. The zero-order valence-electron chi connectivity index (χ0n) is 13.1. The molecule has 0 amide bonds. The van der Waals surface area contributed by atoms with Crippen molar-refractivity contribution in [1.82, 2.24) is 19.3 Å².